The SMILES string of the molecule is CSc1ccccc1NC(=O)COC(=O)c1ccc2c(c1)NC(=O)CCS2. The molecule has 0 bridgehead atoms. The van der Waals surface area contributed by atoms with Gasteiger partial charge in [0.15, 0.2) is 6.61 Å². The first-order chi connectivity index (χ1) is 13.1. The maximum absolute atomic E-state index is 12.3. The third kappa shape index (κ3) is 5.05. The summed E-state index contributed by atoms with van der Waals surface area (Å²) < 4.78 is 5.11. The predicted octanol–water partition coefficient (Wildman–Crippen LogP) is 3.64. The minimum Gasteiger partial charge on any atom is -0.452 e. The molecule has 2 amide bonds. The van der Waals surface area contributed by atoms with Gasteiger partial charge in [0.1, 0.15) is 0 Å². The van der Waals surface area contributed by atoms with E-state index < -0.39 is 11.9 Å². The Hall–Kier alpha value is -2.45. The summed E-state index contributed by atoms with van der Waals surface area (Å²) >= 11 is 3.07. The third-order valence-electron chi connectivity index (χ3n) is 3.79. The number of nitrogens with one attached hydrogen (secondary N) is 2. The highest BCUT2D eigenvalue weighted by atomic mass is 32.2. The molecule has 1 heterocycles. The van der Waals surface area contributed by atoms with Gasteiger partial charge in [-0.05, 0) is 36.6 Å². The molecule has 140 valence electrons. The first-order valence-electron chi connectivity index (χ1n) is 8.23. The van der Waals surface area contributed by atoms with Gasteiger partial charge in [-0.25, -0.2) is 4.79 Å². The van der Waals surface area contributed by atoms with E-state index in [-0.39, 0.29) is 18.1 Å². The number of amides is 2. The van der Waals surface area contributed by atoms with Crippen LogP contribution in [0.3, 0.4) is 0 Å². The Labute approximate surface area is 165 Å². The molecule has 2 N–H and O–H groups in total. The van der Waals surface area contributed by atoms with Gasteiger partial charge in [-0.3, -0.25) is 9.59 Å². The van der Waals surface area contributed by atoms with E-state index in [9.17, 15) is 14.4 Å². The summed E-state index contributed by atoms with van der Waals surface area (Å²) in [6.45, 7) is -0.389. The number of esters is 1. The monoisotopic (exact) mass is 402 g/mol. The van der Waals surface area contributed by atoms with Crippen molar-refractivity contribution in [3.8, 4) is 0 Å². The number of carbonyl (C=O) groups excluding carboxylic acids is 3. The molecule has 0 fully saturated rings. The van der Waals surface area contributed by atoms with Crippen LogP contribution in [-0.2, 0) is 14.3 Å². The Morgan fingerprint density at radius 2 is 2.07 bits per heavy atom. The fourth-order valence-electron chi connectivity index (χ4n) is 2.50. The number of rotatable bonds is 5. The number of benzene rings is 2. The van der Waals surface area contributed by atoms with Crippen LogP contribution >= 0.6 is 23.5 Å². The van der Waals surface area contributed by atoms with Crippen LogP contribution in [0, 0.1) is 0 Å². The summed E-state index contributed by atoms with van der Waals surface area (Å²) in [5.41, 5.74) is 1.56. The maximum Gasteiger partial charge on any atom is 0.338 e. The van der Waals surface area contributed by atoms with E-state index in [0.717, 1.165) is 9.79 Å². The number of anilines is 2. The molecule has 2 aromatic carbocycles. The van der Waals surface area contributed by atoms with Crippen molar-refractivity contribution in [1.82, 2.24) is 0 Å². The topological polar surface area (TPSA) is 84.5 Å². The van der Waals surface area contributed by atoms with Crippen LogP contribution in [0.2, 0.25) is 0 Å². The first kappa shape index (κ1) is 19.3. The normalized spacial score (nSPS) is 13.1. The number of hydrogen-bond donors (Lipinski definition) is 2. The summed E-state index contributed by atoms with van der Waals surface area (Å²) in [6, 6.07) is 12.4. The van der Waals surface area contributed by atoms with E-state index in [1.165, 1.54) is 11.8 Å². The van der Waals surface area contributed by atoms with Gasteiger partial charge in [-0.1, -0.05) is 12.1 Å². The summed E-state index contributed by atoms with van der Waals surface area (Å²) in [7, 11) is 0. The lowest BCUT2D eigenvalue weighted by Crippen LogP contribution is -2.21. The minimum atomic E-state index is -0.616. The zero-order valence-electron chi connectivity index (χ0n) is 14.6. The fraction of sp³-hybridized carbons (Fsp3) is 0.211. The van der Waals surface area contributed by atoms with Gasteiger partial charge in [-0.15, -0.1) is 23.5 Å². The smallest absolute Gasteiger partial charge is 0.338 e. The second-order valence-electron chi connectivity index (χ2n) is 5.68. The maximum atomic E-state index is 12.3. The van der Waals surface area contributed by atoms with E-state index in [4.69, 9.17) is 4.74 Å². The number of ether oxygens (including phenoxy) is 1. The lowest BCUT2D eigenvalue weighted by Gasteiger charge is -2.11. The molecule has 0 radical (unpaired) electrons. The lowest BCUT2D eigenvalue weighted by molar-refractivity contribution is -0.119. The predicted molar refractivity (Wildman–Crippen MR) is 108 cm³/mol. The number of hydrogen-bond acceptors (Lipinski definition) is 6. The zero-order valence-corrected chi connectivity index (χ0v) is 16.2. The molecule has 6 nitrogen and oxygen atoms in total. The average Bonchev–Trinajstić information content (AvgIpc) is 2.86. The highest BCUT2D eigenvalue weighted by Gasteiger charge is 2.17. The van der Waals surface area contributed by atoms with Crippen molar-refractivity contribution in [3.63, 3.8) is 0 Å². The van der Waals surface area contributed by atoms with Crippen molar-refractivity contribution < 1.29 is 19.1 Å². The molecular weight excluding hydrogens is 384 g/mol. The van der Waals surface area contributed by atoms with Gasteiger partial charge in [-0.2, -0.15) is 0 Å². The van der Waals surface area contributed by atoms with Crippen LogP contribution in [0.1, 0.15) is 16.8 Å². The van der Waals surface area contributed by atoms with Gasteiger partial charge in [0.2, 0.25) is 5.91 Å². The molecule has 0 aliphatic carbocycles. The van der Waals surface area contributed by atoms with Crippen LogP contribution in [0.25, 0.3) is 0 Å². The summed E-state index contributed by atoms with van der Waals surface area (Å²) in [5, 5.41) is 5.51. The van der Waals surface area contributed by atoms with Crippen LogP contribution in [0.5, 0.6) is 0 Å². The standard InChI is InChI=1S/C19H18N2O4S2/c1-26-15-5-3-2-4-13(15)20-18(23)11-25-19(24)12-6-7-16-14(10-12)21-17(22)8-9-27-16/h2-7,10H,8-9,11H2,1H3,(H,20,23)(H,21,22). The molecule has 8 heteroatoms. The minimum absolute atomic E-state index is 0.0846. The van der Waals surface area contributed by atoms with Crippen molar-refractivity contribution in [2.24, 2.45) is 0 Å². The number of fused-ring (bicyclic) bond motifs is 1. The van der Waals surface area contributed by atoms with Crippen molar-refractivity contribution in [3.05, 3.63) is 48.0 Å². The van der Waals surface area contributed by atoms with E-state index in [2.05, 4.69) is 10.6 Å². The Morgan fingerprint density at radius 1 is 1.26 bits per heavy atom. The molecule has 0 unspecified atom stereocenters. The zero-order chi connectivity index (χ0) is 19.2. The second kappa shape index (κ2) is 8.96. The second-order valence-corrected chi connectivity index (χ2v) is 7.67. The van der Waals surface area contributed by atoms with Crippen molar-refractivity contribution in [2.45, 2.75) is 16.2 Å². The fourth-order valence-corrected chi connectivity index (χ4v) is 3.99. The summed E-state index contributed by atoms with van der Waals surface area (Å²) in [4.78, 5) is 37.8. The lowest BCUT2D eigenvalue weighted by atomic mass is 10.2. The molecule has 27 heavy (non-hydrogen) atoms. The Balaban J connectivity index is 1.61. The van der Waals surface area contributed by atoms with Gasteiger partial charge < -0.3 is 15.4 Å². The summed E-state index contributed by atoms with van der Waals surface area (Å²) in [6.07, 6.45) is 2.34. The molecule has 1 aliphatic rings. The number of para-hydroxylation sites is 1. The van der Waals surface area contributed by atoms with Gasteiger partial charge >= 0.3 is 5.97 Å². The molecule has 2 aromatic rings. The van der Waals surface area contributed by atoms with Crippen LogP contribution in [0.4, 0.5) is 11.4 Å². The van der Waals surface area contributed by atoms with Crippen LogP contribution in [-0.4, -0.2) is 36.4 Å². The van der Waals surface area contributed by atoms with E-state index >= 15 is 0 Å². The van der Waals surface area contributed by atoms with Gasteiger partial charge in [0.05, 0.1) is 16.9 Å². The molecule has 0 spiro atoms. The third-order valence-corrected chi connectivity index (χ3v) is 5.66. The van der Waals surface area contributed by atoms with E-state index in [0.29, 0.717) is 23.5 Å². The molecule has 0 saturated heterocycles. The highest BCUT2D eigenvalue weighted by molar-refractivity contribution is 7.99. The quantitative estimate of drug-likeness (QED) is 0.587. The van der Waals surface area contributed by atoms with Crippen LogP contribution in [0.15, 0.2) is 52.3 Å². The molecule has 0 saturated carbocycles. The molecule has 1 aliphatic heterocycles. The molecule has 0 atom stereocenters. The Bertz CT molecular complexity index is 886. The molecule has 0 aromatic heterocycles. The van der Waals surface area contributed by atoms with Crippen molar-refractivity contribution >= 4 is 52.7 Å². The van der Waals surface area contributed by atoms with Gasteiger partial charge in [0.25, 0.3) is 5.91 Å². The van der Waals surface area contributed by atoms with E-state index in [1.54, 1.807) is 36.0 Å². The summed E-state index contributed by atoms with van der Waals surface area (Å²) in [5.74, 6) is -0.419. The molecule has 3 rings (SSSR count). The Morgan fingerprint density at radius 3 is 2.89 bits per heavy atom. The Kier molecular flexibility index (Phi) is 6.41. The number of carbonyl (C=O) groups is 3. The largest absolute Gasteiger partial charge is 0.452 e. The van der Waals surface area contributed by atoms with Crippen molar-refractivity contribution in [1.29, 1.82) is 0 Å². The highest BCUT2D eigenvalue weighted by Crippen LogP contribution is 2.31. The van der Waals surface area contributed by atoms with E-state index in [1.807, 2.05) is 24.5 Å². The van der Waals surface area contributed by atoms with Gasteiger partial charge in [0, 0.05) is 22.0 Å². The average molecular weight is 402 g/mol. The van der Waals surface area contributed by atoms with Crippen molar-refractivity contribution in [2.75, 3.05) is 29.2 Å². The van der Waals surface area contributed by atoms with Crippen LogP contribution < -0.4 is 10.6 Å². The molecular formula is C19H18N2O4S2. The number of thioether (sulfide) groups is 2. The first-order valence-corrected chi connectivity index (χ1v) is 10.4.